The Labute approximate surface area is 114 Å². The number of amides is 1. The first kappa shape index (κ1) is 12.7. The summed E-state index contributed by atoms with van der Waals surface area (Å²) in [5.41, 5.74) is 2.38. The van der Waals surface area contributed by atoms with E-state index in [1.54, 1.807) is 0 Å². The highest BCUT2D eigenvalue weighted by molar-refractivity contribution is 5.76. The van der Waals surface area contributed by atoms with E-state index in [2.05, 4.69) is 9.55 Å². The molecule has 0 radical (unpaired) electrons. The van der Waals surface area contributed by atoms with Crippen LogP contribution < -0.4 is 0 Å². The van der Waals surface area contributed by atoms with Crippen molar-refractivity contribution in [2.45, 2.75) is 51.5 Å². The highest BCUT2D eigenvalue weighted by Gasteiger charge is 2.26. The number of hydrogen-bond donors (Lipinski definition) is 0. The topological polar surface area (TPSA) is 38.1 Å². The number of nitrogens with zero attached hydrogens (tertiary/aromatic N) is 3. The van der Waals surface area contributed by atoms with E-state index in [1.165, 1.54) is 43.5 Å². The molecule has 0 unspecified atom stereocenters. The monoisotopic (exact) mass is 261 g/mol. The van der Waals surface area contributed by atoms with Gasteiger partial charge in [0.1, 0.15) is 0 Å². The second-order valence-electron chi connectivity index (χ2n) is 6.02. The van der Waals surface area contributed by atoms with E-state index in [4.69, 9.17) is 0 Å². The van der Waals surface area contributed by atoms with Crippen LogP contribution in [0.5, 0.6) is 0 Å². The maximum atomic E-state index is 12.4. The van der Waals surface area contributed by atoms with E-state index in [1.807, 2.05) is 18.3 Å². The Morgan fingerprint density at radius 3 is 2.95 bits per heavy atom. The molecule has 0 bridgehead atoms. The summed E-state index contributed by atoms with van der Waals surface area (Å²) in [6.07, 6.45) is 9.99. The first-order valence-corrected chi connectivity index (χ1v) is 7.51. The minimum Gasteiger partial charge on any atom is -0.336 e. The van der Waals surface area contributed by atoms with Crippen molar-refractivity contribution in [2.75, 3.05) is 6.54 Å². The van der Waals surface area contributed by atoms with Gasteiger partial charge in [0, 0.05) is 26.4 Å². The largest absolute Gasteiger partial charge is 0.336 e. The summed E-state index contributed by atoms with van der Waals surface area (Å²) >= 11 is 0. The fraction of sp³-hybridized carbons (Fsp3) is 0.733. The molecule has 2 aliphatic rings. The maximum Gasteiger partial charge on any atom is 0.223 e. The Balaban J connectivity index is 1.60. The summed E-state index contributed by atoms with van der Waals surface area (Å²) < 4.78 is 2.05. The first-order valence-electron chi connectivity index (χ1n) is 7.51. The van der Waals surface area contributed by atoms with Crippen molar-refractivity contribution in [2.24, 2.45) is 13.0 Å². The lowest BCUT2D eigenvalue weighted by Crippen LogP contribution is -2.37. The third-order valence-corrected chi connectivity index (χ3v) is 4.65. The van der Waals surface area contributed by atoms with Crippen molar-refractivity contribution < 1.29 is 4.79 Å². The average molecular weight is 261 g/mol. The smallest absolute Gasteiger partial charge is 0.223 e. The van der Waals surface area contributed by atoms with Gasteiger partial charge in [-0.25, -0.2) is 4.98 Å². The number of aromatic nitrogens is 2. The van der Waals surface area contributed by atoms with Gasteiger partial charge in [0.15, 0.2) is 0 Å². The fourth-order valence-electron chi connectivity index (χ4n) is 3.40. The lowest BCUT2D eigenvalue weighted by molar-refractivity contribution is -0.133. The molecule has 0 aromatic carbocycles. The van der Waals surface area contributed by atoms with Gasteiger partial charge in [-0.05, 0) is 18.8 Å². The summed E-state index contributed by atoms with van der Waals surface area (Å²) in [6.45, 7) is 1.59. The number of rotatable bonds is 2. The molecule has 1 aromatic rings. The van der Waals surface area contributed by atoms with Gasteiger partial charge in [0.05, 0.1) is 24.3 Å². The second kappa shape index (κ2) is 5.35. The zero-order valence-corrected chi connectivity index (χ0v) is 11.8. The molecule has 1 saturated carbocycles. The molecule has 2 heterocycles. The lowest BCUT2D eigenvalue weighted by Gasteiger charge is -2.29. The van der Waals surface area contributed by atoms with Crippen LogP contribution in [0.3, 0.4) is 0 Å². The van der Waals surface area contributed by atoms with Gasteiger partial charge in [-0.2, -0.15) is 0 Å². The predicted molar refractivity (Wildman–Crippen MR) is 73.5 cm³/mol. The van der Waals surface area contributed by atoms with Gasteiger partial charge in [-0.1, -0.05) is 19.3 Å². The number of aryl methyl sites for hydroxylation is 1. The maximum absolute atomic E-state index is 12.4. The van der Waals surface area contributed by atoms with Crippen molar-refractivity contribution in [3.05, 3.63) is 17.7 Å². The average Bonchev–Trinajstić information content (AvgIpc) is 2.81. The minimum absolute atomic E-state index is 0.346. The number of carbonyl (C=O) groups excluding carboxylic acids is 1. The van der Waals surface area contributed by atoms with Gasteiger partial charge in [0.25, 0.3) is 0 Å². The van der Waals surface area contributed by atoms with Crippen LogP contribution in [-0.2, 0) is 24.8 Å². The second-order valence-corrected chi connectivity index (χ2v) is 6.02. The van der Waals surface area contributed by atoms with Crippen molar-refractivity contribution in [3.8, 4) is 0 Å². The SMILES string of the molecule is Cn1cnc2c1CN(C(=O)CC1CCCCC1)CC2. The lowest BCUT2D eigenvalue weighted by atomic mass is 9.86. The van der Waals surface area contributed by atoms with Crippen LogP contribution in [0.25, 0.3) is 0 Å². The third-order valence-electron chi connectivity index (χ3n) is 4.65. The molecule has 0 N–H and O–H groups in total. The Bertz CT molecular complexity index is 460. The van der Waals surface area contributed by atoms with E-state index in [0.29, 0.717) is 11.8 Å². The van der Waals surface area contributed by atoms with Gasteiger partial charge >= 0.3 is 0 Å². The molecule has 4 heteroatoms. The van der Waals surface area contributed by atoms with Gasteiger partial charge in [-0.15, -0.1) is 0 Å². The molecule has 3 rings (SSSR count). The normalized spacial score (nSPS) is 20.4. The van der Waals surface area contributed by atoms with Crippen LogP contribution in [0.4, 0.5) is 0 Å². The van der Waals surface area contributed by atoms with Crippen LogP contribution in [0, 0.1) is 5.92 Å². The standard InChI is InChI=1S/C15H23N3O/c1-17-11-16-13-7-8-18(10-14(13)17)15(19)9-12-5-3-2-4-6-12/h11-12H,2-10H2,1H3. The van der Waals surface area contributed by atoms with Crippen LogP contribution >= 0.6 is 0 Å². The molecule has 104 valence electrons. The zero-order chi connectivity index (χ0) is 13.2. The molecule has 1 aliphatic carbocycles. The fourth-order valence-corrected chi connectivity index (χ4v) is 3.40. The van der Waals surface area contributed by atoms with Crippen LogP contribution in [0.1, 0.15) is 49.9 Å². The molecule has 19 heavy (non-hydrogen) atoms. The van der Waals surface area contributed by atoms with Crippen LogP contribution in [-0.4, -0.2) is 26.9 Å². The van der Waals surface area contributed by atoms with Crippen molar-refractivity contribution in [1.29, 1.82) is 0 Å². The molecule has 1 fully saturated rings. The van der Waals surface area contributed by atoms with Crippen molar-refractivity contribution in [3.63, 3.8) is 0 Å². The quantitative estimate of drug-likeness (QED) is 0.819. The molecule has 1 aliphatic heterocycles. The summed E-state index contributed by atoms with van der Waals surface area (Å²) in [7, 11) is 2.01. The molecule has 1 aromatic heterocycles. The van der Waals surface area contributed by atoms with E-state index in [0.717, 1.165) is 25.9 Å². The van der Waals surface area contributed by atoms with E-state index in [9.17, 15) is 4.79 Å². The van der Waals surface area contributed by atoms with Crippen molar-refractivity contribution >= 4 is 5.91 Å². The van der Waals surface area contributed by atoms with E-state index >= 15 is 0 Å². The Morgan fingerprint density at radius 2 is 2.16 bits per heavy atom. The molecule has 0 spiro atoms. The number of hydrogen-bond acceptors (Lipinski definition) is 2. The highest BCUT2D eigenvalue weighted by Crippen LogP contribution is 2.27. The summed E-state index contributed by atoms with van der Waals surface area (Å²) in [6, 6.07) is 0. The molecule has 4 nitrogen and oxygen atoms in total. The summed E-state index contributed by atoms with van der Waals surface area (Å²) in [5.74, 6) is 0.980. The van der Waals surface area contributed by atoms with E-state index < -0.39 is 0 Å². The van der Waals surface area contributed by atoms with Gasteiger partial charge in [0.2, 0.25) is 5.91 Å². The molecule has 1 amide bonds. The molecule has 0 saturated heterocycles. The van der Waals surface area contributed by atoms with E-state index in [-0.39, 0.29) is 0 Å². The van der Waals surface area contributed by atoms with Crippen LogP contribution in [0.15, 0.2) is 6.33 Å². The molecule has 0 atom stereocenters. The third kappa shape index (κ3) is 2.67. The minimum atomic E-state index is 0.346. The zero-order valence-electron chi connectivity index (χ0n) is 11.8. The Morgan fingerprint density at radius 1 is 1.37 bits per heavy atom. The Hall–Kier alpha value is -1.32. The highest BCUT2D eigenvalue weighted by atomic mass is 16.2. The Kier molecular flexibility index (Phi) is 3.58. The van der Waals surface area contributed by atoms with Crippen molar-refractivity contribution in [1.82, 2.24) is 14.5 Å². The number of carbonyl (C=O) groups is 1. The summed E-state index contributed by atoms with van der Waals surface area (Å²) in [4.78, 5) is 18.8. The first-order chi connectivity index (χ1) is 9.24. The van der Waals surface area contributed by atoms with Crippen LogP contribution in [0.2, 0.25) is 0 Å². The number of imidazole rings is 1. The summed E-state index contributed by atoms with van der Waals surface area (Å²) in [5, 5.41) is 0. The van der Waals surface area contributed by atoms with Gasteiger partial charge < -0.3 is 9.47 Å². The predicted octanol–water partition coefficient (Wildman–Crippen LogP) is 2.28. The molecular weight excluding hydrogens is 238 g/mol. The number of fused-ring (bicyclic) bond motifs is 1. The molecular formula is C15H23N3O. The van der Waals surface area contributed by atoms with Gasteiger partial charge in [-0.3, -0.25) is 4.79 Å².